The fraction of sp³-hybridized carbons (Fsp3) is 0.118. The third kappa shape index (κ3) is 2.82. The molecule has 2 aromatic carbocycles. The monoisotopic (exact) mass is 316 g/mol. The van der Waals surface area contributed by atoms with E-state index in [0.29, 0.717) is 10.0 Å². The van der Waals surface area contributed by atoms with Crippen LogP contribution in [0, 0.1) is 0 Å². The Labute approximate surface area is 133 Å². The molecule has 0 bridgehead atoms. The van der Waals surface area contributed by atoms with Crippen LogP contribution in [-0.2, 0) is 6.42 Å². The minimum atomic E-state index is 0.596. The molecule has 2 nitrogen and oxygen atoms in total. The Kier molecular flexibility index (Phi) is 4.00. The highest BCUT2D eigenvalue weighted by Gasteiger charge is 2.14. The second kappa shape index (κ2) is 5.92. The Hall–Kier alpha value is -1.77. The van der Waals surface area contributed by atoms with Crippen molar-refractivity contribution in [2.75, 3.05) is 0 Å². The van der Waals surface area contributed by atoms with Crippen molar-refractivity contribution in [3.8, 4) is 22.6 Å². The predicted octanol–water partition coefficient (Wildman–Crippen LogP) is 5.61. The highest BCUT2D eigenvalue weighted by molar-refractivity contribution is 6.36. The van der Waals surface area contributed by atoms with Gasteiger partial charge in [-0.3, -0.25) is 0 Å². The van der Waals surface area contributed by atoms with Gasteiger partial charge in [0.2, 0.25) is 0 Å². The van der Waals surface area contributed by atoms with Crippen LogP contribution in [0.4, 0.5) is 0 Å². The van der Waals surface area contributed by atoms with Crippen LogP contribution in [0.25, 0.3) is 22.6 Å². The number of H-pyrrole nitrogens is 1. The van der Waals surface area contributed by atoms with Gasteiger partial charge >= 0.3 is 0 Å². The zero-order valence-corrected chi connectivity index (χ0v) is 13.0. The molecule has 0 unspecified atom stereocenters. The lowest BCUT2D eigenvalue weighted by atomic mass is 10.1. The summed E-state index contributed by atoms with van der Waals surface area (Å²) in [5, 5.41) is 1.22. The highest BCUT2D eigenvalue weighted by atomic mass is 35.5. The van der Waals surface area contributed by atoms with Crippen LogP contribution >= 0.6 is 23.2 Å². The van der Waals surface area contributed by atoms with Gasteiger partial charge in [-0.1, -0.05) is 60.5 Å². The summed E-state index contributed by atoms with van der Waals surface area (Å²) in [5.41, 5.74) is 4.03. The first-order valence-electron chi connectivity index (χ1n) is 6.78. The van der Waals surface area contributed by atoms with E-state index in [1.165, 1.54) is 0 Å². The van der Waals surface area contributed by atoms with Crippen molar-refractivity contribution in [2.24, 2.45) is 0 Å². The molecular weight excluding hydrogens is 303 g/mol. The normalized spacial score (nSPS) is 10.8. The second-order valence-electron chi connectivity index (χ2n) is 4.76. The molecule has 1 aromatic heterocycles. The number of imidazole rings is 1. The van der Waals surface area contributed by atoms with Crippen LogP contribution < -0.4 is 0 Å². The fourth-order valence-corrected chi connectivity index (χ4v) is 2.81. The number of hydrogen-bond donors (Lipinski definition) is 1. The van der Waals surface area contributed by atoms with Crippen LogP contribution in [0.3, 0.4) is 0 Å². The maximum Gasteiger partial charge on any atom is 0.139 e. The molecule has 0 aliphatic rings. The van der Waals surface area contributed by atoms with Crippen LogP contribution in [0.1, 0.15) is 12.6 Å². The minimum absolute atomic E-state index is 0.596. The molecule has 4 heteroatoms. The number of rotatable bonds is 3. The summed E-state index contributed by atoms with van der Waals surface area (Å²) in [5.74, 6) is 0.771. The summed E-state index contributed by atoms with van der Waals surface area (Å²) < 4.78 is 0. The predicted molar refractivity (Wildman–Crippen MR) is 88.9 cm³/mol. The molecule has 106 valence electrons. The molecule has 1 N–H and O–H groups in total. The van der Waals surface area contributed by atoms with Gasteiger partial charge in [-0.15, -0.1) is 0 Å². The Morgan fingerprint density at radius 2 is 1.81 bits per heavy atom. The number of nitrogens with zero attached hydrogens (tertiary/aromatic N) is 1. The topological polar surface area (TPSA) is 28.7 Å². The number of benzene rings is 2. The van der Waals surface area contributed by atoms with Crippen molar-refractivity contribution in [2.45, 2.75) is 13.3 Å². The van der Waals surface area contributed by atoms with Gasteiger partial charge in [-0.25, -0.2) is 4.98 Å². The molecule has 3 aromatic rings. The van der Waals surface area contributed by atoms with Gasteiger partial charge in [0.25, 0.3) is 0 Å². The molecule has 1 heterocycles. The molecule has 0 fully saturated rings. The average Bonchev–Trinajstić information content (AvgIpc) is 2.92. The smallest absolute Gasteiger partial charge is 0.139 e. The highest BCUT2D eigenvalue weighted by Crippen LogP contribution is 2.31. The lowest BCUT2D eigenvalue weighted by Gasteiger charge is -2.00. The zero-order valence-electron chi connectivity index (χ0n) is 11.5. The minimum Gasteiger partial charge on any atom is -0.341 e. The number of aryl methyl sites for hydroxylation is 1. The zero-order chi connectivity index (χ0) is 14.8. The van der Waals surface area contributed by atoms with Gasteiger partial charge < -0.3 is 4.98 Å². The maximum absolute atomic E-state index is 6.27. The second-order valence-corrected chi connectivity index (χ2v) is 5.60. The Morgan fingerprint density at radius 3 is 2.48 bits per heavy atom. The summed E-state index contributed by atoms with van der Waals surface area (Å²) in [7, 11) is 0. The van der Waals surface area contributed by atoms with Crippen LogP contribution in [0.2, 0.25) is 10.0 Å². The Balaban J connectivity index is 2.12. The maximum atomic E-state index is 6.27. The quantitative estimate of drug-likeness (QED) is 0.668. The summed E-state index contributed by atoms with van der Waals surface area (Å²) >= 11 is 12.2. The standard InChI is InChI=1S/C17H14Cl2N2/c1-2-15-16(11-6-4-3-5-7-11)21-17(20-15)13-9-8-12(18)10-14(13)19/h3-10H,2H2,1H3,(H,20,21). The summed E-state index contributed by atoms with van der Waals surface area (Å²) in [6.45, 7) is 2.10. The SMILES string of the molecule is CCc1[nH]c(-c2ccc(Cl)cc2Cl)nc1-c1ccccc1. The van der Waals surface area contributed by atoms with Gasteiger partial charge in [-0.2, -0.15) is 0 Å². The molecule has 21 heavy (non-hydrogen) atoms. The first kappa shape index (κ1) is 14.2. The van der Waals surface area contributed by atoms with Crippen molar-refractivity contribution < 1.29 is 0 Å². The van der Waals surface area contributed by atoms with Crippen molar-refractivity contribution in [1.82, 2.24) is 9.97 Å². The van der Waals surface area contributed by atoms with Crippen molar-refractivity contribution in [1.29, 1.82) is 0 Å². The molecule has 3 rings (SSSR count). The van der Waals surface area contributed by atoms with Crippen LogP contribution in [0.15, 0.2) is 48.5 Å². The number of aromatic amines is 1. The van der Waals surface area contributed by atoms with Gasteiger partial charge in [0, 0.05) is 21.8 Å². The molecule has 0 radical (unpaired) electrons. The molecule has 0 aliphatic carbocycles. The third-order valence-corrected chi connectivity index (χ3v) is 3.91. The molecule has 0 amide bonds. The van der Waals surface area contributed by atoms with E-state index in [2.05, 4.69) is 24.0 Å². The lowest BCUT2D eigenvalue weighted by Crippen LogP contribution is -1.85. The largest absolute Gasteiger partial charge is 0.341 e. The van der Waals surface area contributed by atoms with Gasteiger partial charge in [-0.05, 0) is 24.6 Å². The Morgan fingerprint density at radius 1 is 1.05 bits per heavy atom. The third-order valence-electron chi connectivity index (χ3n) is 3.37. The van der Waals surface area contributed by atoms with Crippen LogP contribution in [0.5, 0.6) is 0 Å². The Bertz CT molecular complexity index is 764. The van der Waals surface area contributed by atoms with Crippen LogP contribution in [-0.4, -0.2) is 9.97 Å². The summed E-state index contributed by atoms with van der Waals surface area (Å²) in [6, 6.07) is 15.6. The fourth-order valence-electron chi connectivity index (χ4n) is 2.31. The van der Waals surface area contributed by atoms with Gasteiger partial charge in [0.15, 0.2) is 0 Å². The van der Waals surface area contributed by atoms with E-state index in [9.17, 15) is 0 Å². The van der Waals surface area contributed by atoms with Gasteiger partial charge in [0.1, 0.15) is 5.82 Å². The average molecular weight is 317 g/mol. The molecule has 0 aliphatic heterocycles. The molecular formula is C17H14Cl2N2. The first-order chi connectivity index (χ1) is 10.2. The van der Waals surface area contributed by atoms with E-state index in [1.807, 2.05) is 30.3 Å². The lowest BCUT2D eigenvalue weighted by molar-refractivity contribution is 1.07. The summed E-state index contributed by atoms with van der Waals surface area (Å²) in [4.78, 5) is 8.10. The first-order valence-corrected chi connectivity index (χ1v) is 7.54. The number of hydrogen-bond acceptors (Lipinski definition) is 1. The molecule has 0 atom stereocenters. The van der Waals surface area contributed by atoms with E-state index >= 15 is 0 Å². The van der Waals surface area contributed by atoms with E-state index < -0.39 is 0 Å². The molecule has 0 saturated carbocycles. The number of halogens is 2. The van der Waals surface area contributed by atoms with Gasteiger partial charge in [0.05, 0.1) is 10.7 Å². The van der Waals surface area contributed by atoms with Crippen molar-refractivity contribution in [3.63, 3.8) is 0 Å². The van der Waals surface area contributed by atoms with E-state index in [4.69, 9.17) is 28.2 Å². The van der Waals surface area contributed by atoms with E-state index in [0.717, 1.165) is 34.8 Å². The van der Waals surface area contributed by atoms with Crippen molar-refractivity contribution >= 4 is 23.2 Å². The molecule has 0 spiro atoms. The van der Waals surface area contributed by atoms with E-state index in [1.54, 1.807) is 6.07 Å². The summed E-state index contributed by atoms with van der Waals surface area (Å²) in [6.07, 6.45) is 0.877. The number of nitrogens with one attached hydrogen (secondary N) is 1. The molecule has 0 saturated heterocycles. The number of aromatic nitrogens is 2. The van der Waals surface area contributed by atoms with E-state index in [-0.39, 0.29) is 0 Å². The van der Waals surface area contributed by atoms with Crippen molar-refractivity contribution in [3.05, 3.63) is 64.3 Å².